The van der Waals surface area contributed by atoms with Gasteiger partial charge in [-0.15, -0.1) is 0 Å². The number of nitrogens with zero attached hydrogens (tertiary/aromatic N) is 1. The van der Waals surface area contributed by atoms with E-state index in [0.717, 1.165) is 24.3 Å². The van der Waals surface area contributed by atoms with Gasteiger partial charge < -0.3 is 5.11 Å². The van der Waals surface area contributed by atoms with Gasteiger partial charge in [0.15, 0.2) is 0 Å². The molecule has 0 bridgehead atoms. The zero-order valence-electron chi connectivity index (χ0n) is 9.33. The van der Waals surface area contributed by atoms with Crippen molar-refractivity contribution in [3.63, 3.8) is 0 Å². The summed E-state index contributed by atoms with van der Waals surface area (Å²) in [6.45, 7) is 2.25. The molecule has 1 atom stereocenters. The number of aliphatic hydroxyl groups excluding tert-OH is 1. The number of rotatable bonds is 8. The summed E-state index contributed by atoms with van der Waals surface area (Å²) in [6, 6.07) is 2.95. The summed E-state index contributed by atoms with van der Waals surface area (Å²) in [5.41, 5.74) is -0.354. The molecule has 0 heterocycles. The first kappa shape index (κ1) is 12.8. The summed E-state index contributed by atoms with van der Waals surface area (Å²) >= 11 is 1.82. The summed E-state index contributed by atoms with van der Waals surface area (Å²) in [5.74, 6) is 1.98. The summed E-state index contributed by atoms with van der Waals surface area (Å²) in [6.07, 6.45) is 4.17. The molecule has 1 aliphatic carbocycles. The van der Waals surface area contributed by atoms with Crippen LogP contribution >= 0.6 is 11.8 Å². The van der Waals surface area contributed by atoms with E-state index in [1.165, 1.54) is 12.8 Å². The molecule has 0 aromatic carbocycles. The van der Waals surface area contributed by atoms with Gasteiger partial charge >= 0.3 is 0 Å². The highest BCUT2D eigenvalue weighted by Crippen LogP contribution is 2.24. The molecule has 0 amide bonds. The van der Waals surface area contributed by atoms with Gasteiger partial charge in [-0.3, -0.25) is 5.32 Å². The standard InChI is InChI=1S/C11H20N2OS/c1-11(9-12,13-10-3-4-10)5-8-15-7-2-6-14/h10,13-14H,2-8H2,1H3. The van der Waals surface area contributed by atoms with E-state index < -0.39 is 0 Å². The summed E-state index contributed by atoms with van der Waals surface area (Å²) in [5, 5.41) is 21.1. The maximum Gasteiger partial charge on any atom is 0.104 e. The number of hydrogen-bond donors (Lipinski definition) is 2. The highest BCUT2D eigenvalue weighted by molar-refractivity contribution is 7.99. The SMILES string of the molecule is CC(C#N)(CCSCCCO)NC1CC1. The first-order valence-corrected chi connectivity index (χ1v) is 6.73. The largest absolute Gasteiger partial charge is 0.396 e. The van der Waals surface area contributed by atoms with Crippen LogP contribution in [0, 0.1) is 11.3 Å². The Balaban J connectivity index is 2.12. The molecular weight excluding hydrogens is 208 g/mol. The molecule has 1 fully saturated rings. The van der Waals surface area contributed by atoms with Crippen LogP contribution in [0.25, 0.3) is 0 Å². The summed E-state index contributed by atoms with van der Waals surface area (Å²) < 4.78 is 0. The van der Waals surface area contributed by atoms with E-state index in [4.69, 9.17) is 10.4 Å². The van der Waals surface area contributed by atoms with Crippen molar-refractivity contribution in [2.75, 3.05) is 18.1 Å². The molecule has 4 heteroatoms. The molecule has 3 nitrogen and oxygen atoms in total. The predicted octanol–water partition coefficient (Wildman–Crippen LogP) is 1.53. The lowest BCUT2D eigenvalue weighted by Crippen LogP contribution is -2.42. The van der Waals surface area contributed by atoms with E-state index in [0.29, 0.717) is 6.04 Å². The first-order valence-electron chi connectivity index (χ1n) is 5.58. The van der Waals surface area contributed by atoms with Crippen LogP contribution < -0.4 is 5.32 Å². The average molecular weight is 228 g/mol. The topological polar surface area (TPSA) is 56.0 Å². The van der Waals surface area contributed by atoms with E-state index in [1.54, 1.807) is 0 Å². The van der Waals surface area contributed by atoms with Crippen LogP contribution in [-0.4, -0.2) is 34.8 Å². The van der Waals surface area contributed by atoms with Crippen molar-refractivity contribution in [1.82, 2.24) is 5.32 Å². The molecular formula is C11H20N2OS. The Morgan fingerprint density at radius 1 is 1.53 bits per heavy atom. The minimum absolute atomic E-state index is 0.267. The maximum absolute atomic E-state index is 9.10. The van der Waals surface area contributed by atoms with Gasteiger partial charge in [0, 0.05) is 12.6 Å². The molecule has 0 aromatic rings. The minimum Gasteiger partial charge on any atom is -0.396 e. The normalized spacial score (nSPS) is 19.5. The summed E-state index contributed by atoms with van der Waals surface area (Å²) in [4.78, 5) is 0. The van der Waals surface area contributed by atoms with Gasteiger partial charge in [-0.2, -0.15) is 17.0 Å². The lowest BCUT2D eigenvalue weighted by atomic mass is 10.0. The molecule has 0 saturated heterocycles. The van der Waals surface area contributed by atoms with Crippen LogP contribution in [0.15, 0.2) is 0 Å². The monoisotopic (exact) mass is 228 g/mol. The van der Waals surface area contributed by atoms with Gasteiger partial charge in [-0.1, -0.05) is 0 Å². The molecule has 0 aromatic heterocycles. The van der Waals surface area contributed by atoms with E-state index in [9.17, 15) is 0 Å². The van der Waals surface area contributed by atoms with Gasteiger partial charge in [0.2, 0.25) is 0 Å². The van der Waals surface area contributed by atoms with Crippen molar-refractivity contribution >= 4 is 11.8 Å². The molecule has 1 aliphatic rings. The molecule has 1 unspecified atom stereocenters. The van der Waals surface area contributed by atoms with Crippen LogP contribution in [0.3, 0.4) is 0 Å². The highest BCUT2D eigenvalue weighted by atomic mass is 32.2. The fraction of sp³-hybridized carbons (Fsp3) is 0.909. The highest BCUT2D eigenvalue weighted by Gasteiger charge is 2.31. The zero-order chi connectivity index (χ0) is 11.1. The first-order chi connectivity index (χ1) is 7.20. The maximum atomic E-state index is 9.10. The number of nitrogens with one attached hydrogen (secondary N) is 1. The fourth-order valence-electron chi connectivity index (χ4n) is 1.38. The molecule has 1 saturated carbocycles. The van der Waals surface area contributed by atoms with Crippen LogP contribution in [0.4, 0.5) is 0 Å². The fourth-order valence-corrected chi connectivity index (χ4v) is 2.47. The quantitative estimate of drug-likeness (QED) is 0.619. The predicted molar refractivity (Wildman–Crippen MR) is 63.8 cm³/mol. The third-order valence-electron chi connectivity index (χ3n) is 2.54. The third-order valence-corrected chi connectivity index (χ3v) is 3.61. The Labute approximate surface area is 96.2 Å². The zero-order valence-corrected chi connectivity index (χ0v) is 10.1. The number of aliphatic hydroxyl groups is 1. The van der Waals surface area contributed by atoms with E-state index >= 15 is 0 Å². The summed E-state index contributed by atoms with van der Waals surface area (Å²) in [7, 11) is 0. The molecule has 86 valence electrons. The molecule has 0 radical (unpaired) electrons. The Hall–Kier alpha value is -0.240. The van der Waals surface area contributed by atoms with Crippen molar-refractivity contribution < 1.29 is 5.11 Å². The van der Waals surface area contributed by atoms with Crippen molar-refractivity contribution in [3.8, 4) is 6.07 Å². The number of hydrogen-bond acceptors (Lipinski definition) is 4. The second-order valence-corrected chi connectivity index (χ2v) is 5.53. The number of nitriles is 1. The molecule has 1 rings (SSSR count). The van der Waals surface area contributed by atoms with Gasteiger partial charge in [-0.25, -0.2) is 0 Å². The van der Waals surface area contributed by atoms with Crippen molar-refractivity contribution in [2.24, 2.45) is 0 Å². The molecule has 15 heavy (non-hydrogen) atoms. The Morgan fingerprint density at radius 3 is 2.80 bits per heavy atom. The molecule has 2 N–H and O–H groups in total. The van der Waals surface area contributed by atoms with Gasteiger partial charge in [0.1, 0.15) is 5.54 Å². The number of thioether (sulfide) groups is 1. The van der Waals surface area contributed by atoms with Gasteiger partial charge in [0.25, 0.3) is 0 Å². The van der Waals surface area contributed by atoms with Crippen LogP contribution in [-0.2, 0) is 0 Å². The van der Waals surface area contributed by atoms with E-state index in [-0.39, 0.29) is 12.1 Å². The van der Waals surface area contributed by atoms with E-state index in [1.807, 2.05) is 18.7 Å². The van der Waals surface area contributed by atoms with Gasteiger partial charge in [0.05, 0.1) is 6.07 Å². The van der Waals surface area contributed by atoms with Crippen LogP contribution in [0.2, 0.25) is 0 Å². The van der Waals surface area contributed by atoms with Crippen molar-refractivity contribution in [3.05, 3.63) is 0 Å². The lowest BCUT2D eigenvalue weighted by Gasteiger charge is -2.22. The molecule has 0 aliphatic heterocycles. The third kappa shape index (κ3) is 5.41. The van der Waals surface area contributed by atoms with Gasteiger partial charge in [-0.05, 0) is 44.1 Å². The van der Waals surface area contributed by atoms with Crippen LogP contribution in [0.1, 0.15) is 32.6 Å². The van der Waals surface area contributed by atoms with Crippen molar-refractivity contribution in [1.29, 1.82) is 5.26 Å². The second-order valence-electron chi connectivity index (χ2n) is 4.30. The van der Waals surface area contributed by atoms with Crippen molar-refractivity contribution in [2.45, 2.75) is 44.2 Å². The van der Waals surface area contributed by atoms with Crippen LogP contribution in [0.5, 0.6) is 0 Å². The Bertz CT molecular complexity index is 225. The Morgan fingerprint density at radius 2 is 2.27 bits per heavy atom. The van der Waals surface area contributed by atoms with E-state index in [2.05, 4.69) is 11.4 Å². The lowest BCUT2D eigenvalue weighted by molar-refractivity contribution is 0.296. The second kappa shape index (κ2) is 6.37. The smallest absolute Gasteiger partial charge is 0.104 e. The average Bonchev–Trinajstić information content (AvgIpc) is 3.01. The molecule has 0 spiro atoms. The Kier molecular flexibility index (Phi) is 5.44. The minimum atomic E-state index is -0.354.